The van der Waals surface area contributed by atoms with E-state index in [-0.39, 0.29) is 16.6 Å². The third-order valence-corrected chi connectivity index (χ3v) is 5.07. The smallest absolute Gasteiger partial charge is 0.398 e. The zero-order chi connectivity index (χ0) is 14.8. The molecule has 4 nitrogen and oxygen atoms in total. The van der Waals surface area contributed by atoms with Crippen LogP contribution in [0.25, 0.3) is 0 Å². The molecule has 1 aromatic rings. The fraction of sp³-hybridized carbons (Fsp3) is 0.667. The standard InChI is InChI=1S/C15H23BN2O2/c1-13(2)14(3,4)20-16(19-13)12-10(15(5)8-9-15)6-7-11(17)18-12/h6-7H,8-9H2,1-5H3,(H2,17,18). The average Bonchev–Trinajstić information content (AvgIpc) is 3.01. The van der Waals surface area contributed by atoms with Crippen LogP contribution >= 0.6 is 0 Å². The average molecular weight is 274 g/mol. The van der Waals surface area contributed by atoms with E-state index >= 15 is 0 Å². The van der Waals surface area contributed by atoms with Crippen molar-refractivity contribution >= 4 is 18.5 Å². The van der Waals surface area contributed by atoms with E-state index in [9.17, 15) is 0 Å². The van der Waals surface area contributed by atoms with Gasteiger partial charge in [0.05, 0.1) is 16.8 Å². The summed E-state index contributed by atoms with van der Waals surface area (Å²) >= 11 is 0. The van der Waals surface area contributed by atoms with Crippen molar-refractivity contribution in [2.24, 2.45) is 0 Å². The Morgan fingerprint density at radius 3 is 2.10 bits per heavy atom. The summed E-state index contributed by atoms with van der Waals surface area (Å²) in [5, 5.41) is 0. The first-order valence-corrected chi connectivity index (χ1v) is 7.27. The molecule has 0 spiro atoms. The number of nitrogen functional groups attached to an aromatic ring is 1. The fourth-order valence-corrected chi connectivity index (χ4v) is 2.59. The summed E-state index contributed by atoms with van der Waals surface area (Å²) in [4.78, 5) is 4.52. The molecule has 0 bridgehead atoms. The van der Waals surface area contributed by atoms with Gasteiger partial charge in [-0.05, 0) is 57.6 Å². The topological polar surface area (TPSA) is 57.4 Å². The van der Waals surface area contributed by atoms with Gasteiger partial charge in [0.25, 0.3) is 0 Å². The molecule has 108 valence electrons. The molecule has 0 unspecified atom stereocenters. The molecule has 5 heteroatoms. The van der Waals surface area contributed by atoms with Gasteiger partial charge in [-0.3, -0.25) is 0 Å². The van der Waals surface area contributed by atoms with Crippen molar-refractivity contribution in [3.8, 4) is 0 Å². The lowest BCUT2D eigenvalue weighted by molar-refractivity contribution is 0.00578. The van der Waals surface area contributed by atoms with Crippen LogP contribution in [0.5, 0.6) is 0 Å². The van der Waals surface area contributed by atoms with Crippen LogP contribution in [0.15, 0.2) is 12.1 Å². The highest BCUT2D eigenvalue weighted by molar-refractivity contribution is 6.61. The van der Waals surface area contributed by atoms with Crippen LogP contribution in [-0.4, -0.2) is 23.3 Å². The SMILES string of the molecule is CC1(c2ccc(N)nc2B2OC(C)(C)C(C)(C)O2)CC1. The van der Waals surface area contributed by atoms with Gasteiger partial charge < -0.3 is 15.0 Å². The summed E-state index contributed by atoms with van der Waals surface area (Å²) in [6.07, 6.45) is 2.37. The number of hydrogen-bond donors (Lipinski definition) is 1. The van der Waals surface area contributed by atoms with Gasteiger partial charge in [-0.15, -0.1) is 0 Å². The lowest BCUT2D eigenvalue weighted by atomic mass is 9.76. The first kappa shape index (κ1) is 13.9. The molecule has 1 saturated carbocycles. The highest BCUT2D eigenvalue weighted by Gasteiger charge is 2.54. The molecule has 2 heterocycles. The Bertz CT molecular complexity index is 537. The van der Waals surface area contributed by atoms with Gasteiger partial charge in [-0.2, -0.15) is 0 Å². The van der Waals surface area contributed by atoms with E-state index in [1.54, 1.807) is 0 Å². The molecule has 1 saturated heterocycles. The molecule has 0 atom stereocenters. The Kier molecular flexibility index (Phi) is 2.77. The molecule has 0 amide bonds. The number of aromatic nitrogens is 1. The van der Waals surface area contributed by atoms with Crippen LogP contribution < -0.4 is 11.3 Å². The maximum absolute atomic E-state index is 6.13. The van der Waals surface area contributed by atoms with Crippen LogP contribution in [0, 0.1) is 0 Å². The van der Waals surface area contributed by atoms with E-state index in [1.807, 2.05) is 6.07 Å². The summed E-state index contributed by atoms with van der Waals surface area (Å²) in [5.74, 6) is 0.516. The van der Waals surface area contributed by atoms with Crippen LogP contribution in [0.4, 0.5) is 5.82 Å². The summed E-state index contributed by atoms with van der Waals surface area (Å²) in [7, 11) is -0.434. The monoisotopic (exact) mass is 274 g/mol. The van der Waals surface area contributed by atoms with Crippen LogP contribution in [0.3, 0.4) is 0 Å². The summed E-state index contributed by atoms with van der Waals surface area (Å²) < 4.78 is 12.3. The number of rotatable bonds is 2. The molecule has 20 heavy (non-hydrogen) atoms. The second kappa shape index (κ2) is 3.98. The fourth-order valence-electron chi connectivity index (χ4n) is 2.59. The van der Waals surface area contributed by atoms with Gasteiger partial charge in [0.15, 0.2) is 0 Å². The number of anilines is 1. The first-order valence-electron chi connectivity index (χ1n) is 7.27. The normalized spacial score (nSPS) is 25.8. The molecule has 1 aromatic heterocycles. The van der Waals surface area contributed by atoms with Gasteiger partial charge in [-0.1, -0.05) is 13.0 Å². The predicted octanol–water partition coefficient (Wildman–Crippen LogP) is 2.01. The van der Waals surface area contributed by atoms with E-state index in [2.05, 4.69) is 45.7 Å². The van der Waals surface area contributed by atoms with Gasteiger partial charge in [-0.25, -0.2) is 4.98 Å². The lowest BCUT2D eigenvalue weighted by Gasteiger charge is -2.32. The predicted molar refractivity (Wildman–Crippen MR) is 81.0 cm³/mol. The van der Waals surface area contributed by atoms with Crippen molar-refractivity contribution in [3.05, 3.63) is 17.7 Å². The molecule has 0 aromatic carbocycles. The Morgan fingerprint density at radius 1 is 1.05 bits per heavy atom. The molecule has 2 fully saturated rings. The molecule has 1 aliphatic heterocycles. The lowest BCUT2D eigenvalue weighted by Crippen LogP contribution is -2.41. The minimum atomic E-state index is -0.434. The summed E-state index contributed by atoms with van der Waals surface area (Å²) in [6.45, 7) is 10.5. The van der Waals surface area contributed by atoms with Gasteiger partial charge in [0.1, 0.15) is 5.82 Å². The van der Waals surface area contributed by atoms with Gasteiger partial charge in [0, 0.05) is 0 Å². The second-order valence-corrected chi connectivity index (χ2v) is 7.32. The van der Waals surface area contributed by atoms with Crippen molar-refractivity contribution in [2.75, 3.05) is 5.73 Å². The Hall–Kier alpha value is -1.07. The Morgan fingerprint density at radius 2 is 1.60 bits per heavy atom. The highest BCUT2D eigenvalue weighted by Crippen LogP contribution is 2.47. The largest absolute Gasteiger partial charge is 0.514 e. The number of nitrogens with two attached hydrogens (primary N) is 1. The third kappa shape index (κ3) is 2.04. The van der Waals surface area contributed by atoms with Crippen molar-refractivity contribution < 1.29 is 9.31 Å². The third-order valence-electron chi connectivity index (χ3n) is 5.07. The van der Waals surface area contributed by atoms with Gasteiger partial charge >= 0.3 is 7.12 Å². The highest BCUT2D eigenvalue weighted by atomic mass is 16.7. The molecule has 2 N–H and O–H groups in total. The van der Waals surface area contributed by atoms with E-state index in [0.29, 0.717) is 5.82 Å². The maximum Gasteiger partial charge on any atom is 0.514 e. The molecular weight excluding hydrogens is 251 g/mol. The minimum absolute atomic E-state index is 0.208. The van der Waals surface area contributed by atoms with E-state index < -0.39 is 7.12 Å². The molecule has 0 radical (unpaired) electrons. The van der Waals surface area contributed by atoms with Crippen LogP contribution in [0.2, 0.25) is 0 Å². The summed E-state index contributed by atoms with van der Waals surface area (Å²) in [5.41, 5.74) is 7.43. The minimum Gasteiger partial charge on any atom is -0.398 e. The first-order chi connectivity index (χ1) is 9.15. The molecular formula is C15H23BN2O2. The quantitative estimate of drug-likeness (QED) is 0.838. The van der Waals surface area contributed by atoms with Crippen LogP contribution in [0.1, 0.15) is 53.0 Å². The molecule has 2 aliphatic rings. The second-order valence-electron chi connectivity index (χ2n) is 7.32. The van der Waals surface area contributed by atoms with Crippen LogP contribution in [-0.2, 0) is 14.7 Å². The number of pyridine rings is 1. The van der Waals surface area contributed by atoms with Crippen molar-refractivity contribution in [3.63, 3.8) is 0 Å². The van der Waals surface area contributed by atoms with E-state index in [1.165, 1.54) is 18.4 Å². The van der Waals surface area contributed by atoms with Crippen molar-refractivity contribution in [2.45, 2.75) is 64.1 Å². The van der Waals surface area contributed by atoms with Gasteiger partial charge in [0.2, 0.25) is 0 Å². The summed E-state index contributed by atoms with van der Waals surface area (Å²) in [6, 6.07) is 3.95. The molecule has 1 aliphatic carbocycles. The Balaban J connectivity index is 2.01. The van der Waals surface area contributed by atoms with Crippen molar-refractivity contribution in [1.82, 2.24) is 4.98 Å². The van der Waals surface area contributed by atoms with E-state index in [0.717, 1.165) is 5.59 Å². The number of nitrogens with zero attached hydrogens (tertiary/aromatic N) is 1. The maximum atomic E-state index is 6.13. The Labute approximate surface area is 121 Å². The molecule has 3 rings (SSSR count). The van der Waals surface area contributed by atoms with E-state index in [4.69, 9.17) is 15.0 Å². The number of hydrogen-bond acceptors (Lipinski definition) is 4. The zero-order valence-electron chi connectivity index (χ0n) is 13.0. The zero-order valence-corrected chi connectivity index (χ0v) is 13.0. The van der Waals surface area contributed by atoms with Crippen molar-refractivity contribution in [1.29, 1.82) is 0 Å².